The Morgan fingerprint density at radius 1 is 1.53 bits per heavy atom. The molecule has 3 N–H and O–H groups in total. The number of carbonyl (C=O) groups excluding carboxylic acids is 1. The normalized spacial score (nSPS) is 10.2. The smallest absolute Gasteiger partial charge is 0.271 e. The molecule has 0 unspecified atom stereocenters. The fourth-order valence-corrected chi connectivity index (χ4v) is 1.82. The number of amides is 1. The fourth-order valence-electron chi connectivity index (χ4n) is 1.24. The van der Waals surface area contributed by atoms with E-state index in [-0.39, 0.29) is 27.1 Å². The van der Waals surface area contributed by atoms with Crippen LogP contribution in [0.2, 0.25) is 5.02 Å². The summed E-state index contributed by atoms with van der Waals surface area (Å²) in [6, 6.07) is 2.10. The van der Waals surface area contributed by atoms with Gasteiger partial charge in [0, 0.05) is 23.7 Å². The van der Waals surface area contributed by atoms with E-state index in [1.54, 1.807) is 0 Å². The number of hydrogen-bond donors (Lipinski definition) is 2. The van der Waals surface area contributed by atoms with Gasteiger partial charge in [-0.05, 0) is 5.21 Å². The van der Waals surface area contributed by atoms with Crippen LogP contribution in [0.1, 0.15) is 10.4 Å². The minimum absolute atomic E-state index is 0.0535. The van der Waals surface area contributed by atoms with Crippen molar-refractivity contribution in [3.63, 3.8) is 0 Å². The quantitative estimate of drug-likeness (QED) is 0.495. The molecule has 1 heterocycles. The van der Waals surface area contributed by atoms with Gasteiger partial charge in [-0.1, -0.05) is 21.2 Å². The van der Waals surface area contributed by atoms with Gasteiger partial charge in [0.15, 0.2) is 0 Å². The fraction of sp³-hybridized carbons (Fsp3) is 0. The van der Waals surface area contributed by atoms with Crippen molar-refractivity contribution < 1.29 is 9.72 Å². The summed E-state index contributed by atoms with van der Waals surface area (Å²) in [6.45, 7) is 0. The molecular formula is C8H5ClN6O3S. The van der Waals surface area contributed by atoms with Crippen molar-refractivity contribution in [1.82, 2.24) is 14.8 Å². The van der Waals surface area contributed by atoms with Crippen LogP contribution in [-0.2, 0) is 0 Å². The van der Waals surface area contributed by atoms with Crippen LogP contribution in [0.25, 0.3) is 0 Å². The van der Waals surface area contributed by atoms with Crippen LogP contribution in [0.4, 0.5) is 16.5 Å². The summed E-state index contributed by atoms with van der Waals surface area (Å²) in [5, 5.41) is 19.9. The van der Waals surface area contributed by atoms with Gasteiger partial charge in [0.2, 0.25) is 5.13 Å². The highest BCUT2D eigenvalue weighted by molar-refractivity contribution is 7.09. The maximum atomic E-state index is 11.9. The molecule has 1 aromatic heterocycles. The second-order valence-electron chi connectivity index (χ2n) is 3.27. The lowest BCUT2D eigenvalue weighted by Gasteiger charge is -2.06. The number of anilines is 2. The Hall–Kier alpha value is -2.33. The van der Waals surface area contributed by atoms with Gasteiger partial charge in [0.25, 0.3) is 11.6 Å². The lowest BCUT2D eigenvalue weighted by atomic mass is 10.1. The van der Waals surface area contributed by atoms with E-state index in [1.165, 1.54) is 0 Å². The number of nitro groups is 1. The molecule has 0 spiro atoms. The zero-order valence-electron chi connectivity index (χ0n) is 9.03. The molecule has 9 nitrogen and oxygen atoms in total. The highest BCUT2D eigenvalue weighted by Crippen LogP contribution is 2.29. The van der Waals surface area contributed by atoms with Crippen LogP contribution in [0, 0.1) is 10.1 Å². The number of benzene rings is 1. The Bertz CT molecular complexity index is 646. The van der Waals surface area contributed by atoms with Gasteiger partial charge < -0.3 is 5.73 Å². The number of halogens is 1. The standard InChI is InChI=1S/C8H5ClN6O3S/c9-5-2-3(15(17)18)1-4(6(5)10)7(16)11-8-12-13-14-19-8/h1-2H,10H2,(H,11,12,14,16). The largest absolute Gasteiger partial charge is 0.397 e. The molecule has 2 rings (SSSR count). The number of rotatable bonds is 3. The Morgan fingerprint density at radius 3 is 2.84 bits per heavy atom. The summed E-state index contributed by atoms with van der Waals surface area (Å²) in [5.41, 5.74) is 5.11. The van der Waals surface area contributed by atoms with Gasteiger partial charge in [0.05, 0.1) is 21.2 Å². The predicted molar refractivity (Wildman–Crippen MR) is 68.2 cm³/mol. The van der Waals surface area contributed by atoms with Crippen LogP contribution >= 0.6 is 23.1 Å². The van der Waals surface area contributed by atoms with Crippen molar-refractivity contribution in [2.45, 2.75) is 0 Å². The second kappa shape index (κ2) is 5.12. The topological polar surface area (TPSA) is 137 Å². The number of nitrogen functional groups attached to an aromatic ring is 1. The third kappa shape index (κ3) is 2.74. The van der Waals surface area contributed by atoms with E-state index in [0.717, 1.165) is 23.7 Å². The number of nitro benzene ring substituents is 1. The van der Waals surface area contributed by atoms with E-state index < -0.39 is 10.8 Å². The summed E-state index contributed by atoms with van der Waals surface area (Å²) in [4.78, 5) is 21.9. The minimum atomic E-state index is -0.679. The van der Waals surface area contributed by atoms with E-state index in [0.29, 0.717) is 0 Å². The minimum Gasteiger partial charge on any atom is -0.397 e. The van der Waals surface area contributed by atoms with Gasteiger partial charge in [0.1, 0.15) is 0 Å². The van der Waals surface area contributed by atoms with Crippen molar-refractivity contribution in [3.8, 4) is 0 Å². The highest BCUT2D eigenvalue weighted by Gasteiger charge is 2.19. The average molecular weight is 301 g/mol. The molecule has 0 radical (unpaired) electrons. The maximum absolute atomic E-state index is 11.9. The summed E-state index contributed by atoms with van der Waals surface area (Å²) in [6.07, 6.45) is 0. The Labute approximate surface area is 114 Å². The molecular weight excluding hydrogens is 296 g/mol. The van der Waals surface area contributed by atoms with E-state index in [2.05, 4.69) is 20.1 Å². The van der Waals surface area contributed by atoms with Gasteiger partial charge in [-0.15, -0.1) is 0 Å². The van der Waals surface area contributed by atoms with Crippen LogP contribution in [-0.4, -0.2) is 25.6 Å². The van der Waals surface area contributed by atoms with Crippen molar-refractivity contribution in [2.75, 3.05) is 11.1 Å². The van der Waals surface area contributed by atoms with E-state index in [9.17, 15) is 14.9 Å². The molecule has 1 aromatic carbocycles. The van der Waals surface area contributed by atoms with Crippen LogP contribution < -0.4 is 11.1 Å². The summed E-state index contributed by atoms with van der Waals surface area (Å²) >= 11 is 6.60. The van der Waals surface area contributed by atoms with E-state index in [4.69, 9.17) is 17.3 Å². The molecule has 0 aliphatic carbocycles. The number of nitrogens with one attached hydrogen (secondary N) is 1. The van der Waals surface area contributed by atoms with Gasteiger partial charge >= 0.3 is 0 Å². The first kappa shape index (κ1) is 13.1. The van der Waals surface area contributed by atoms with Crippen molar-refractivity contribution in [2.24, 2.45) is 0 Å². The van der Waals surface area contributed by atoms with Crippen LogP contribution in [0.5, 0.6) is 0 Å². The third-order valence-electron chi connectivity index (χ3n) is 2.09. The van der Waals surface area contributed by atoms with Crippen LogP contribution in [0.15, 0.2) is 12.1 Å². The van der Waals surface area contributed by atoms with Crippen molar-refractivity contribution in [1.29, 1.82) is 0 Å². The number of nitrogens with two attached hydrogens (primary N) is 1. The zero-order chi connectivity index (χ0) is 14.0. The summed E-state index contributed by atoms with van der Waals surface area (Å²) < 4.78 is 3.45. The first-order valence-corrected chi connectivity index (χ1v) is 5.84. The molecule has 0 bridgehead atoms. The summed E-state index contributed by atoms with van der Waals surface area (Å²) in [5.74, 6) is -0.679. The molecule has 0 fully saturated rings. The molecule has 11 heteroatoms. The number of aromatic nitrogens is 3. The Kier molecular flexibility index (Phi) is 3.53. The number of carbonyl (C=O) groups is 1. The van der Waals surface area contributed by atoms with Gasteiger partial charge in [-0.3, -0.25) is 20.2 Å². The Morgan fingerprint density at radius 2 is 2.26 bits per heavy atom. The SMILES string of the molecule is Nc1c(Cl)cc([N+](=O)[O-])cc1C(=O)Nc1nnns1. The molecule has 2 aromatic rings. The number of hydrogen-bond acceptors (Lipinski definition) is 8. The monoisotopic (exact) mass is 300 g/mol. The van der Waals surface area contributed by atoms with Crippen molar-refractivity contribution in [3.05, 3.63) is 32.8 Å². The molecule has 19 heavy (non-hydrogen) atoms. The lowest BCUT2D eigenvalue weighted by molar-refractivity contribution is -0.384. The molecule has 0 aliphatic rings. The number of non-ortho nitro benzene ring substituents is 1. The zero-order valence-corrected chi connectivity index (χ0v) is 10.6. The predicted octanol–water partition coefficient (Wildman–Crippen LogP) is 1.33. The van der Waals surface area contributed by atoms with Gasteiger partial charge in [-0.25, -0.2) is 0 Å². The van der Waals surface area contributed by atoms with Crippen LogP contribution in [0.3, 0.4) is 0 Å². The lowest BCUT2D eigenvalue weighted by Crippen LogP contribution is -2.14. The molecule has 0 saturated carbocycles. The molecule has 0 saturated heterocycles. The molecule has 0 aliphatic heterocycles. The van der Waals surface area contributed by atoms with Gasteiger partial charge in [-0.2, -0.15) is 0 Å². The molecule has 1 amide bonds. The van der Waals surface area contributed by atoms with E-state index >= 15 is 0 Å². The first-order chi connectivity index (χ1) is 8.99. The average Bonchev–Trinajstić information content (AvgIpc) is 2.84. The molecule has 0 atom stereocenters. The van der Waals surface area contributed by atoms with E-state index in [1.807, 2.05) is 0 Å². The third-order valence-corrected chi connectivity index (χ3v) is 2.91. The molecule has 98 valence electrons. The first-order valence-electron chi connectivity index (χ1n) is 4.69. The Balaban J connectivity index is 2.38. The van der Waals surface area contributed by atoms with Crippen molar-refractivity contribution >= 4 is 45.5 Å². The number of nitrogens with zero attached hydrogens (tertiary/aromatic N) is 4. The summed E-state index contributed by atoms with van der Waals surface area (Å²) in [7, 11) is 0. The maximum Gasteiger partial charge on any atom is 0.271 e. The highest BCUT2D eigenvalue weighted by atomic mass is 35.5. The second-order valence-corrected chi connectivity index (χ2v) is 4.41.